The van der Waals surface area contributed by atoms with Gasteiger partial charge in [0, 0.05) is 0 Å². The van der Waals surface area contributed by atoms with Gasteiger partial charge in [0.15, 0.2) is 6.79 Å². The molecular formula is C21H38O8. The minimum Gasteiger partial charge on any atom is -0.473 e. The summed E-state index contributed by atoms with van der Waals surface area (Å²) in [4.78, 5) is 12.2. The average molecular weight is 419 g/mol. The molecule has 0 spiro atoms. The van der Waals surface area contributed by atoms with Gasteiger partial charge in [0.25, 0.3) is 0 Å². The van der Waals surface area contributed by atoms with Crippen molar-refractivity contribution in [2.45, 2.75) is 78.1 Å². The van der Waals surface area contributed by atoms with Gasteiger partial charge in [-0.05, 0) is 40.0 Å². The van der Waals surface area contributed by atoms with E-state index in [9.17, 15) is 4.79 Å². The van der Waals surface area contributed by atoms with Crippen LogP contribution < -0.4 is 0 Å². The van der Waals surface area contributed by atoms with Crippen molar-refractivity contribution in [1.82, 2.24) is 0 Å². The Morgan fingerprint density at radius 1 is 1.10 bits per heavy atom. The highest BCUT2D eigenvalue weighted by Gasteiger charge is 2.29. The number of carbonyl (C=O) groups excluding carboxylic acids is 1. The molecule has 29 heavy (non-hydrogen) atoms. The molecule has 8 heteroatoms. The minimum absolute atomic E-state index is 0.0139. The second-order valence-electron chi connectivity index (χ2n) is 7.90. The van der Waals surface area contributed by atoms with Crippen LogP contribution in [-0.4, -0.2) is 63.0 Å². The van der Waals surface area contributed by atoms with E-state index in [4.69, 9.17) is 33.5 Å². The van der Waals surface area contributed by atoms with Crippen LogP contribution in [-0.2, 0) is 33.2 Å². The fourth-order valence-electron chi connectivity index (χ4n) is 2.74. The van der Waals surface area contributed by atoms with Crippen molar-refractivity contribution in [3.8, 4) is 0 Å². The van der Waals surface area contributed by atoms with E-state index < -0.39 is 11.5 Å². The molecule has 8 nitrogen and oxygen atoms in total. The van der Waals surface area contributed by atoms with E-state index in [1.165, 1.54) is 0 Å². The second kappa shape index (κ2) is 13.9. The standard InChI is InChI=1S/C21H38O8/c1-6-21(4,5)20(23)25-12-17(11-24-14-27-16(2)3)28-15-29-19-10-8-7-9-18(19)26-13-22/h17-19,22H,2,6-15H2,1,3-5H3. The number of hydrogen-bond donors (Lipinski definition) is 1. The van der Waals surface area contributed by atoms with E-state index in [0.29, 0.717) is 12.2 Å². The van der Waals surface area contributed by atoms with Gasteiger partial charge < -0.3 is 33.5 Å². The molecule has 1 aliphatic carbocycles. The molecule has 170 valence electrons. The monoisotopic (exact) mass is 418 g/mol. The van der Waals surface area contributed by atoms with E-state index in [0.717, 1.165) is 25.7 Å². The lowest BCUT2D eigenvalue weighted by Gasteiger charge is -2.31. The summed E-state index contributed by atoms with van der Waals surface area (Å²) in [7, 11) is 0. The zero-order chi connectivity index (χ0) is 21.7. The van der Waals surface area contributed by atoms with Gasteiger partial charge in [-0.25, -0.2) is 0 Å². The van der Waals surface area contributed by atoms with Crippen LogP contribution in [0.1, 0.15) is 59.8 Å². The first kappa shape index (κ1) is 25.8. The van der Waals surface area contributed by atoms with Crippen molar-refractivity contribution in [2.75, 3.05) is 33.6 Å². The summed E-state index contributed by atoms with van der Waals surface area (Å²) < 4.78 is 33.0. The van der Waals surface area contributed by atoms with Gasteiger partial charge in [-0.15, -0.1) is 0 Å². The molecule has 0 aromatic carbocycles. The van der Waals surface area contributed by atoms with Crippen LogP contribution in [0.25, 0.3) is 0 Å². The summed E-state index contributed by atoms with van der Waals surface area (Å²) in [5, 5.41) is 9.03. The number of aliphatic hydroxyl groups is 1. The number of allylic oxidation sites excluding steroid dienone is 1. The molecule has 1 saturated carbocycles. The van der Waals surface area contributed by atoms with Crippen LogP contribution >= 0.6 is 0 Å². The smallest absolute Gasteiger partial charge is 0.311 e. The van der Waals surface area contributed by atoms with Crippen molar-refractivity contribution in [1.29, 1.82) is 0 Å². The lowest BCUT2D eigenvalue weighted by Crippen LogP contribution is -2.37. The van der Waals surface area contributed by atoms with E-state index in [-0.39, 0.29) is 51.8 Å². The Bertz CT molecular complexity index is 477. The summed E-state index contributed by atoms with van der Waals surface area (Å²) in [6.45, 7) is 11.0. The van der Waals surface area contributed by atoms with E-state index in [2.05, 4.69) is 6.58 Å². The van der Waals surface area contributed by atoms with Crippen molar-refractivity contribution in [2.24, 2.45) is 5.41 Å². The quantitative estimate of drug-likeness (QED) is 0.188. The van der Waals surface area contributed by atoms with Gasteiger partial charge in [0.05, 0.1) is 30.0 Å². The number of rotatable bonds is 15. The molecule has 0 amide bonds. The van der Waals surface area contributed by atoms with Crippen LogP contribution in [0.4, 0.5) is 0 Å². The predicted molar refractivity (Wildman–Crippen MR) is 107 cm³/mol. The summed E-state index contributed by atoms with van der Waals surface area (Å²) in [5.41, 5.74) is -0.554. The molecule has 1 fully saturated rings. The molecule has 1 rings (SSSR count). The molecule has 0 aromatic heterocycles. The third-order valence-corrected chi connectivity index (χ3v) is 5.05. The van der Waals surface area contributed by atoms with Gasteiger partial charge in [-0.1, -0.05) is 26.3 Å². The highest BCUT2D eigenvalue weighted by atomic mass is 16.7. The molecule has 0 aromatic rings. The summed E-state index contributed by atoms with van der Waals surface area (Å²) >= 11 is 0. The average Bonchev–Trinajstić information content (AvgIpc) is 2.69. The topological polar surface area (TPSA) is 92.7 Å². The maximum absolute atomic E-state index is 12.2. The van der Waals surface area contributed by atoms with Crippen LogP contribution in [0.2, 0.25) is 0 Å². The summed E-state index contributed by atoms with van der Waals surface area (Å²) in [6.07, 6.45) is 3.70. The van der Waals surface area contributed by atoms with Crippen molar-refractivity contribution in [3.63, 3.8) is 0 Å². The number of hydrogen-bond acceptors (Lipinski definition) is 8. The van der Waals surface area contributed by atoms with Gasteiger partial charge >= 0.3 is 5.97 Å². The van der Waals surface area contributed by atoms with Crippen molar-refractivity contribution < 1.29 is 38.3 Å². The number of aliphatic hydroxyl groups excluding tert-OH is 1. The fourth-order valence-corrected chi connectivity index (χ4v) is 2.74. The molecule has 0 heterocycles. The summed E-state index contributed by atoms with van der Waals surface area (Å²) in [5.74, 6) is 0.269. The Kier molecular flexibility index (Phi) is 12.4. The van der Waals surface area contributed by atoms with Gasteiger partial charge in [0.1, 0.15) is 26.3 Å². The number of carbonyl (C=O) groups is 1. The van der Waals surface area contributed by atoms with Crippen molar-refractivity contribution in [3.05, 3.63) is 12.3 Å². The SMILES string of the molecule is C=C(C)OCOCC(COC(=O)C(C)(C)CC)OCOC1CCCCC1OCO. The molecule has 3 unspecified atom stereocenters. The maximum atomic E-state index is 12.2. The van der Waals surface area contributed by atoms with Crippen LogP contribution in [0, 0.1) is 5.41 Å². The molecule has 0 radical (unpaired) electrons. The Balaban J connectivity index is 2.49. The summed E-state index contributed by atoms with van der Waals surface area (Å²) in [6, 6.07) is 0. The van der Waals surface area contributed by atoms with Crippen LogP contribution in [0.5, 0.6) is 0 Å². The number of ether oxygens (including phenoxy) is 6. The first-order valence-electron chi connectivity index (χ1n) is 10.3. The molecule has 3 atom stereocenters. The predicted octanol–water partition coefficient (Wildman–Crippen LogP) is 3.13. The van der Waals surface area contributed by atoms with Crippen molar-refractivity contribution >= 4 is 5.97 Å². The van der Waals surface area contributed by atoms with E-state index in [1.807, 2.05) is 20.8 Å². The molecule has 1 N–H and O–H groups in total. The highest BCUT2D eigenvalue weighted by Crippen LogP contribution is 2.24. The molecule has 0 aliphatic heterocycles. The Labute approximate surface area is 174 Å². The zero-order valence-electron chi connectivity index (χ0n) is 18.3. The van der Waals surface area contributed by atoms with Crippen LogP contribution in [0.15, 0.2) is 12.3 Å². The third-order valence-electron chi connectivity index (χ3n) is 5.05. The third kappa shape index (κ3) is 10.4. The lowest BCUT2D eigenvalue weighted by atomic mass is 9.91. The first-order chi connectivity index (χ1) is 13.8. The molecule has 0 bridgehead atoms. The van der Waals surface area contributed by atoms with Gasteiger partial charge in [0.2, 0.25) is 0 Å². The van der Waals surface area contributed by atoms with Gasteiger partial charge in [-0.3, -0.25) is 4.79 Å². The highest BCUT2D eigenvalue weighted by molar-refractivity contribution is 5.75. The van der Waals surface area contributed by atoms with Crippen LogP contribution in [0.3, 0.4) is 0 Å². The largest absolute Gasteiger partial charge is 0.473 e. The lowest BCUT2D eigenvalue weighted by molar-refractivity contribution is -0.197. The number of esters is 1. The maximum Gasteiger partial charge on any atom is 0.311 e. The Hall–Kier alpha value is -1.19. The zero-order valence-corrected chi connectivity index (χ0v) is 18.3. The minimum atomic E-state index is -0.554. The molecule has 1 aliphatic rings. The van der Waals surface area contributed by atoms with E-state index >= 15 is 0 Å². The van der Waals surface area contributed by atoms with Gasteiger partial charge in [-0.2, -0.15) is 0 Å². The Morgan fingerprint density at radius 3 is 2.34 bits per heavy atom. The normalized spacial score (nSPS) is 20.9. The first-order valence-corrected chi connectivity index (χ1v) is 10.3. The van der Waals surface area contributed by atoms with E-state index in [1.54, 1.807) is 6.92 Å². The molecular weight excluding hydrogens is 380 g/mol. The fraction of sp³-hybridized carbons (Fsp3) is 0.857. The Morgan fingerprint density at radius 2 is 1.76 bits per heavy atom. The molecule has 0 saturated heterocycles. The second-order valence-corrected chi connectivity index (χ2v) is 7.90.